The predicted molar refractivity (Wildman–Crippen MR) is 45.7 cm³/mol. The molecule has 0 bridgehead atoms. The van der Waals surface area contributed by atoms with E-state index < -0.39 is 6.61 Å². The number of hydrogen-bond donors (Lipinski definition) is 1. The van der Waals surface area contributed by atoms with E-state index in [-0.39, 0.29) is 11.8 Å². The second kappa shape index (κ2) is 4.18. The van der Waals surface area contributed by atoms with Crippen LogP contribution < -0.4 is 10.5 Å². The van der Waals surface area contributed by atoms with Crippen molar-refractivity contribution in [1.29, 1.82) is 0 Å². The van der Waals surface area contributed by atoms with Gasteiger partial charge >= 0.3 is 6.61 Å². The van der Waals surface area contributed by atoms with Gasteiger partial charge in [-0.25, -0.2) is 0 Å². The molecule has 0 unspecified atom stereocenters. The molecule has 0 radical (unpaired) electrons. The van der Waals surface area contributed by atoms with E-state index in [9.17, 15) is 8.78 Å². The largest absolute Gasteiger partial charge is 0.435 e. The molecule has 4 heteroatoms. The summed E-state index contributed by atoms with van der Waals surface area (Å²) in [4.78, 5) is 0. The summed E-state index contributed by atoms with van der Waals surface area (Å²) in [5.41, 5.74) is 6.47. The molecule has 0 saturated heterocycles. The van der Waals surface area contributed by atoms with Crippen molar-refractivity contribution in [1.82, 2.24) is 0 Å². The normalized spacial score (nSPS) is 13.0. The second-order valence-electron chi connectivity index (χ2n) is 2.74. The van der Waals surface area contributed by atoms with Crippen LogP contribution >= 0.6 is 0 Å². The van der Waals surface area contributed by atoms with E-state index in [1.807, 2.05) is 6.92 Å². The van der Waals surface area contributed by atoms with E-state index in [1.54, 1.807) is 12.1 Å². The molecule has 1 rings (SSSR count). The van der Waals surface area contributed by atoms with Crippen LogP contribution in [0.1, 0.15) is 18.5 Å². The average Bonchev–Trinajstić information content (AvgIpc) is 2.04. The van der Waals surface area contributed by atoms with Crippen LogP contribution in [0.3, 0.4) is 0 Å². The number of benzene rings is 1. The molecule has 0 aromatic heterocycles. The number of hydrogen-bond acceptors (Lipinski definition) is 2. The van der Waals surface area contributed by atoms with Gasteiger partial charge < -0.3 is 10.5 Å². The zero-order valence-corrected chi connectivity index (χ0v) is 7.21. The van der Waals surface area contributed by atoms with Gasteiger partial charge in [-0.2, -0.15) is 8.78 Å². The highest BCUT2D eigenvalue weighted by Crippen LogP contribution is 2.17. The van der Waals surface area contributed by atoms with Crippen molar-refractivity contribution in [3.63, 3.8) is 0 Å². The average molecular weight is 187 g/mol. The van der Waals surface area contributed by atoms with Crippen LogP contribution in [0.2, 0.25) is 0 Å². The summed E-state index contributed by atoms with van der Waals surface area (Å²) >= 11 is 0. The maximum atomic E-state index is 11.7. The van der Waals surface area contributed by atoms with Crippen LogP contribution in [0.15, 0.2) is 24.3 Å². The number of nitrogens with two attached hydrogens (primary N) is 1. The fourth-order valence-corrected chi connectivity index (χ4v) is 0.953. The zero-order valence-electron chi connectivity index (χ0n) is 7.21. The molecule has 13 heavy (non-hydrogen) atoms. The van der Waals surface area contributed by atoms with E-state index in [0.29, 0.717) is 0 Å². The fraction of sp³-hybridized carbons (Fsp3) is 0.333. The third-order valence-electron chi connectivity index (χ3n) is 1.63. The molecule has 1 aromatic rings. The zero-order chi connectivity index (χ0) is 9.84. The number of halogens is 2. The lowest BCUT2D eigenvalue weighted by atomic mass is 10.1. The Morgan fingerprint density at radius 3 is 2.15 bits per heavy atom. The van der Waals surface area contributed by atoms with Gasteiger partial charge in [0, 0.05) is 6.04 Å². The molecule has 0 heterocycles. The molecule has 0 amide bonds. The highest BCUT2D eigenvalue weighted by molar-refractivity contribution is 5.28. The van der Waals surface area contributed by atoms with E-state index >= 15 is 0 Å². The van der Waals surface area contributed by atoms with Gasteiger partial charge in [0.15, 0.2) is 0 Å². The first-order chi connectivity index (χ1) is 6.09. The SMILES string of the molecule is C[C@@H](N)c1ccc(OC(F)F)cc1. The molecule has 0 aliphatic heterocycles. The highest BCUT2D eigenvalue weighted by atomic mass is 19.3. The maximum absolute atomic E-state index is 11.7. The first-order valence-electron chi connectivity index (χ1n) is 3.90. The van der Waals surface area contributed by atoms with Crippen LogP contribution in [-0.4, -0.2) is 6.61 Å². The third-order valence-corrected chi connectivity index (χ3v) is 1.63. The molecule has 0 fully saturated rings. The van der Waals surface area contributed by atoms with Crippen molar-refractivity contribution in [2.45, 2.75) is 19.6 Å². The van der Waals surface area contributed by atoms with E-state index in [1.165, 1.54) is 12.1 Å². The summed E-state index contributed by atoms with van der Waals surface area (Å²) in [6.45, 7) is -0.954. The molecule has 0 saturated carbocycles. The molecule has 0 spiro atoms. The van der Waals surface area contributed by atoms with Gasteiger partial charge in [-0.1, -0.05) is 12.1 Å². The van der Waals surface area contributed by atoms with Crippen LogP contribution in [0.25, 0.3) is 0 Å². The van der Waals surface area contributed by atoms with Gasteiger partial charge in [-0.05, 0) is 24.6 Å². The van der Waals surface area contributed by atoms with Gasteiger partial charge in [0.2, 0.25) is 0 Å². The minimum atomic E-state index is -2.78. The molecule has 0 aliphatic carbocycles. The van der Waals surface area contributed by atoms with Crippen molar-refractivity contribution in [2.75, 3.05) is 0 Å². The maximum Gasteiger partial charge on any atom is 0.387 e. The molecular weight excluding hydrogens is 176 g/mol. The molecule has 2 N–H and O–H groups in total. The van der Waals surface area contributed by atoms with E-state index in [4.69, 9.17) is 5.73 Å². The van der Waals surface area contributed by atoms with Crippen LogP contribution in [0.5, 0.6) is 5.75 Å². The predicted octanol–water partition coefficient (Wildman–Crippen LogP) is 2.31. The lowest BCUT2D eigenvalue weighted by Gasteiger charge is -2.07. The Labute approximate surface area is 75.3 Å². The smallest absolute Gasteiger partial charge is 0.387 e. The Bertz CT molecular complexity index is 259. The van der Waals surface area contributed by atoms with Crippen molar-refractivity contribution >= 4 is 0 Å². The molecule has 0 aliphatic rings. The standard InChI is InChI=1S/C9H11F2NO/c1-6(12)7-2-4-8(5-3-7)13-9(10)11/h2-6,9H,12H2,1H3/t6-/m1/s1. The van der Waals surface area contributed by atoms with Crippen LogP contribution in [-0.2, 0) is 0 Å². The first-order valence-corrected chi connectivity index (χ1v) is 3.90. The number of alkyl halides is 2. The lowest BCUT2D eigenvalue weighted by Crippen LogP contribution is -2.05. The van der Waals surface area contributed by atoms with Gasteiger partial charge in [-0.3, -0.25) is 0 Å². The van der Waals surface area contributed by atoms with E-state index in [2.05, 4.69) is 4.74 Å². The Morgan fingerprint density at radius 1 is 1.23 bits per heavy atom. The summed E-state index contributed by atoms with van der Waals surface area (Å²) in [5.74, 6) is 0.152. The van der Waals surface area contributed by atoms with Gasteiger partial charge in [0.25, 0.3) is 0 Å². The molecular formula is C9H11F2NO. The van der Waals surface area contributed by atoms with E-state index in [0.717, 1.165) is 5.56 Å². The minimum absolute atomic E-state index is 0.0967. The third kappa shape index (κ3) is 2.99. The summed E-state index contributed by atoms with van der Waals surface area (Å²) in [7, 11) is 0. The molecule has 1 atom stereocenters. The van der Waals surface area contributed by atoms with Gasteiger partial charge in [0.1, 0.15) is 5.75 Å². The molecule has 1 aromatic carbocycles. The van der Waals surface area contributed by atoms with Crippen LogP contribution in [0.4, 0.5) is 8.78 Å². The quantitative estimate of drug-likeness (QED) is 0.788. The molecule has 2 nitrogen and oxygen atoms in total. The van der Waals surface area contributed by atoms with Crippen LogP contribution in [0, 0.1) is 0 Å². The van der Waals surface area contributed by atoms with Gasteiger partial charge in [0.05, 0.1) is 0 Å². The minimum Gasteiger partial charge on any atom is -0.435 e. The molecule has 72 valence electrons. The lowest BCUT2D eigenvalue weighted by molar-refractivity contribution is -0.0498. The van der Waals surface area contributed by atoms with Crippen molar-refractivity contribution in [2.24, 2.45) is 5.73 Å². The Kier molecular flexibility index (Phi) is 3.19. The van der Waals surface area contributed by atoms with Crippen molar-refractivity contribution in [3.8, 4) is 5.75 Å². The fourth-order valence-electron chi connectivity index (χ4n) is 0.953. The highest BCUT2D eigenvalue weighted by Gasteiger charge is 2.04. The van der Waals surface area contributed by atoms with Gasteiger partial charge in [-0.15, -0.1) is 0 Å². The Morgan fingerprint density at radius 2 is 1.77 bits per heavy atom. The monoisotopic (exact) mass is 187 g/mol. The summed E-state index contributed by atoms with van der Waals surface area (Å²) in [5, 5.41) is 0. The number of rotatable bonds is 3. The topological polar surface area (TPSA) is 35.2 Å². The number of ether oxygens (including phenoxy) is 1. The Hall–Kier alpha value is -1.16. The summed E-state index contributed by atoms with van der Waals surface area (Å²) in [6.07, 6.45) is 0. The van der Waals surface area contributed by atoms with Crippen molar-refractivity contribution in [3.05, 3.63) is 29.8 Å². The summed E-state index contributed by atoms with van der Waals surface area (Å²) < 4.78 is 27.6. The van der Waals surface area contributed by atoms with Crippen molar-refractivity contribution < 1.29 is 13.5 Å². The second-order valence-corrected chi connectivity index (χ2v) is 2.74. The summed E-state index contributed by atoms with van der Waals surface area (Å²) in [6, 6.07) is 6.20. The first kappa shape index (κ1) is 9.92. The Balaban J connectivity index is 2.70.